The van der Waals surface area contributed by atoms with Crippen LogP contribution >= 0.6 is 0 Å². The molecule has 2 saturated heterocycles. The Balaban J connectivity index is 1.43. The lowest BCUT2D eigenvalue weighted by Crippen LogP contribution is -2.48. The van der Waals surface area contributed by atoms with Crippen LogP contribution < -0.4 is 10.6 Å². The molecule has 0 aromatic rings. The first-order valence-corrected chi connectivity index (χ1v) is 9.03. The van der Waals surface area contributed by atoms with Gasteiger partial charge in [0, 0.05) is 19.1 Å². The average molecular weight is 293 g/mol. The first-order valence-electron chi connectivity index (χ1n) is 9.03. The van der Waals surface area contributed by atoms with E-state index in [1.807, 2.05) is 0 Å². The van der Waals surface area contributed by atoms with E-state index in [-0.39, 0.29) is 11.9 Å². The van der Waals surface area contributed by atoms with Crippen molar-refractivity contribution in [2.75, 3.05) is 26.2 Å². The zero-order valence-corrected chi connectivity index (χ0v) is 13.4. The van der Waals surface area contributed by atoms with Gasteiger partial charge in [0.05, 0.1) is 6.04 Å². The molecule has 120 valence electrons. The van der Waals surface area contributed by atoms with E-state index in [9.17, 15) is 4.79 Å². The molecular weight excluding hydrogens is 262 g/mol. The van der Waals surface area contributed by atoms with Gasteiger partial charge in [0.15, 0.2) is 0 Å². The maximum absolute atomic E-state index is 12.1. The van der Waals surface area contributed by atoms with Gasteiger partial charge in [-0.05, 0) is 69.9 Å². The first kappa shape index (κ1) is 15.3. The number of hydrogen-bond acceptors (Lipinski definition) is 3. The summed E-state index contributed by atoms with van der Waals surface area (Å²) in [4.78, 5) is 14.8. The van der Waals surface area contributed by atoms with Crippen LogP contribution in [0.4, 0.5) is 0 Å². The van der Waals surface area contributed by atoms with Crippen LogP contribution in [0.25, 0.3) is 0 Å². The molecule has 1 aliphatic carbocycles. The summed E-state index contributed by atoms with van der Waals surface area (Å²) in [6, 6.07) is 0.875. The Labute approximate surface area is 129 Å². The fraction of sp³-hybridized carbons (Fsp3) is 0.941. The minimum Gasteiger partial charge on any atom is -0.354 e. The topological polar surface area (TPSA) is 44.4 Å². The summed E-state index contributed by atoms with van der Waals surface area (Å²) in [5.41, 5.74) is 0. The number of amides is 1. The van der Waals surface area contributed by atoms with E-state index in [0.29, 0.717) is 5.92 Å². The summed E-state index contributed by atoms with van der Waals surface area (Å²) in [7, 11) is 0. The highest BCUT2D eigenvalue weighted by Crippen LogP contribution is 2.38. The number of hydrogen-bond donors (Lipinski definition) is 2. The summed E-state index contributed by atoms with van der Waals surface area (Å²) < 4.78 is 0. The van der Waals surface area contributed by atoms with Crippen molar-refractivity contribution < 1.29 is 4.79 Å². The Morgan fingerprint density at radius 3 is 2.81 bits per heavy atom. The first-order chi connectivity index (χ1) is 10.3. The van der Waals surface area contributed by atoms with Gasteiger partial charge in [-0.3, -0.25) is 9.69 Å². The third kappa shape index (κ3) is 3.98. The van der Waals surface area contributed by atoms with Crippen LogP contribution in [0.15, 0.2) is 0 Å². The summed E-state index contributed by atoms with van der Waals surface area (Å²) in [6.07, 6.45) is 8.86. The molecule has 2 N–H and O–H groups in total. The van der Waals surface area contributed by atoms with Crippen LogP contribution in [-0.2, 0) is 4.79 Å². The van der Waals surface area contributed by atoms with Gasteiger partial charge in [-0.15, -0.1) is 0 Å². The Kier molecular flexibility index (Phi) is 5.17. The molecule has 0 aromatic heterocycles. The van der Waals surface area contributed by atoms with Gasteiger partial charge in [0.1, 0.15) is 0 Å². The summed E-state index contributed by atoms with van der Waals surface area (Å²) in [6.45, 7) is 6.65. The normalized spacial score (nSPS) is 32.0. The second-order valence-corrected chi connectivity index (χ2v) is 7.21. The molecule has 2 heterocycles. The Morgan fingerprint density at radius 2 is 2.14 bits per heavy atom. The molecule has 2 aliphatic heterocycles. The zero-order chi connectivity index (χ0) is 14.7. The summed E-state index contributed by atoms with van der Waals surface area (Å²) in [5.74, 6) is 1.83. The van der Waals surface area contributed by atoms with Gasteiger partial charge in [0.25, 0.3) is 0 Å². The molecule has 1 amide bonds. The summed E-state index contributed by atoms with van der Waals surface area (Å²) in [5, 5.41) is 6.47. The number of carbonyl (C=O) groups excluding carboxylic acids is 1. The number of nitrogens with zero attached hydrogens (tertiary/aromatic N) is 1. The molecule has 0 spiro atoms. The lowest BCUT2D eigenvalue weighted by molar-refractivity contribution is -0.123. The van der Waals surface area contributed by atoms with Crippen LogP contribution in [0.2, 0.25) is 0 Å². The molecule has 1 saturated carbocycles. The smallest absolute Gasteiger partial charge is 0.237 e. The second kappa shape index (κ2) is 7.10. The van der Waals surface area contributed by atoms with E-state index >= 15 is 0 Å². The monoisotopic (exact) mass is 293 g/mol. The molecule has 0 bridgehead atoms. The van der Waals surface area contributed by atoms with Crippen LogP contribution in [0.5, 0.6) is 0 Å². The van der Waals surface area contributed by atoms with Crippen molar-refractivity contribution in [3.63, 3.8) is 0 Å². The van der Waals surface area contributed by atoms with Crippen molar-refractivity contribution in [3.05, 3.63) is 0 Å². The highest BCUT2D eigenvalue weighted by atomic mass is 16.2. The predicted octanol–water partition coefficient (Wildman–Crippen LogP) is 1.76. The van der Waals surface area contributed by atoms with Crippen molar-refractivity contribution in [1.82, 2.24) is 15.5 Å². The minimum absolute atomic E-state index is 0.0690. The van der Waals surface area contributed by atoms with Crippen molar-refractivity contribution in [3.8, 4) is 0 Å². The molecule has 3 fully saturated rings. The summed E-state index contributed by atoms with van der Waals surface area (Å²) >= 11 is 0. The number of nitrogens with one attached hydrogen (secondary N) is 2. The lowest BCUT2D eigenvalue weighted by Gasteiger charge is -2.38. The van der Waals surface area contributed by atoms with Gasteiger partial charge in [-0.2, -0.15) is 0 Å². The van der Waals surface area contributed by atoms with Crippen LogP contribution in [0.1, 0.15) is 51.9 Å². The highest BCUT2D eigenvalue weighted by molar-refractivity contribution is 5.81. The van der Waals surface area contributed by atoms with Gasteiger partial charge in [-0.25, -0.2) is 0 Å². The molecular formula is C17H31N3O. The van der Waals surface area contributed by atoms with Crippen LogP contribution in [0.3, 0.4) is 0 Å². The minimum atomic E-state index is 0.0690. The fourth-order valence-electron chi connectivity index (χ4n) is 4.21. The van der Waals surface area contributed by atoms with Gasteiger partial charge in [0.2, 0.25) is 5.91 Å². The standard InChI is InChI=1S/C17H31N3O/c1-2-16(14-7-8-14)20-10-4-5-13(12-20)11-19-17(21)15-6-3-9-18-15/h13-16,18H,2-12H2,1H3,(H,19,21). The third-order valence-electron chi connectivity index (χ3n) is 5.55. The molecule has 0 aromatic carbocycles. The highest BCUT2D eigenvalue weighted by Gasteiger charge is 2.36. The fourth-order valence-corrected chi connectivity index (χ4v) is 4.21. The van der Waals surface area contributed by atoms with Crippen molar-refractivity contribution >= 4 is 5.91 Å². The Morgan fingerprint density at radius 1 is 1.29 bits per heavy atom. The molecule has 4 nitrogen and oxygen atoms in total. The number of rotatable bonds is 6. The van der Waals surface area contributed by atoms with Crippen molar-refractivity contribution in [2.45, 2.75) is 64.0 Å². The van der Waals surface area contributed by atoms with Gasteiger partial charge >= 0.3 is 0 Å². The van der Waals surface area contributed by atoms with E-state index in [0.717, 1.165) is 37.9 Å². The maximum Gasteiger partial charge on any atom is 0.237 e. The van der Waals surface area contributed by atoms with Crippen molar-refractivity contribution in [2.24, 2.45) is 11.8 Å². The van der Waals surface area contributed by atoms with Gasteiger partial charge in [-0.1, -0.05) is 6.92 Å². The quantitative estimate of drug-likeness (QED) is 0.784. The van der Waals surface area contributed by atoms with E-state index in [4.69, 9.17) is 0 Å². The lowest BCUT2D eigenvalue weighted by atomic mass is 9.94. The van der Waals surface area contributed by atoms with Crippen molar-refractivity contribution in [1.29, 1.82) is 0 Å². The Bertz CT molecular complexity index is 350. The third-order valence-corrected chi connectivity index (χ3v) is 5.55. The second-order valence-electron chi connectivity index (χ2n) is 7.21. The average Bonchev–Trinajstić information content (AvgIpc) is 3.18. The van der Waals surface area contributed by atoms with E-state index < -0.39 is 0 Å². The molecule has 3 rings (SSSR count). The van der Waals surface area contributed by atoms with Crippen LogP contribution in [-0.4, -0.2) is 49.1 Å². The molecule has 21 heavy (non-hydrogen) atoms. The number of carbonyl (C=O) groups is 1. The largest absolute Gasteiger partial charge is 0.354 e. The van der Waals surface area contributed by atoms with Crippen LogP contribution in [0, 0.1) is 11.8 Å². The zero-order valence-electron chi connectivity index (χ0n) is 13.4. The molecule has 3 unspecified atom stereocenters. The number of likely N-dealkylation sites (tertiary alicyclic amines) is 1. The predicted molar refractivity (Wildman–Crippen MR) is 85.1 cm³/mol. The van der Waals surface area contributed by atoms with E-state index in [2.05, 4.69) is 22.5 Å². The molecule has 3 atom stereocenters. The SMILES string of the molecule is CCC(C1CC1)N1CCCC(CNC(=O)C2CCCN2)C1. The molecule has 3 aliphatic rings. The molecule has 4 heteroatoms. The maximum atomic E-state index is 12.1. The molecule has 0 radical (unpaired) electrons. The van der Waals surface area contributed by atoms with E-state index in [1.54, 1.807) is 0 Å². The Hall–Kier alpha value is -0.610. The van der Waals surface area contributed by atoms with E-state index in [1.165, 1.54) is 45.2 Å². The van der Waals surface area contributed by atoms with Gasteiger partial charge < -0.3 is 10.6 Å². The number of piperidine rings is 1.